The van der Waals surface area contributed by atoms with Gasteiger partial charge in [-0.1, -0.05) is 18.2 Å². The SMILES string of the molecule is CCOC(=O)C1=C(C)NC2=C(C(=O)C[C@@H](c3cccs3)C2)[C@@H]1c1coc2ccccc2c1=O. The molecule has 1 aromatic carbocycles. The summed E-state index contributed by atoms with van der Waals surface area (Å²) >= 11 is 1.63. The number of benzene rings is 1. The summed E-state index contributed by atoms with van der Waals surface area (Å²) in [6.07, 6.45) is 2.34. The van der Waals surface area contributed by atoms with E-state index >= 15 is 0 Å². The molecule has 0 fully saturated rings. The first kappa shape index (κ1) is 21.4. The lowest BCUT2D eigenvalue weighted by atomic mass is 9.73. The van der Waals surface area contributed by atoms with Crippen LogP contribution in [0.15, 0.2) is 79.8 Å². The second kappa shape index (κ2) is 8.48. The van der Waals surface area contributed by atoms with Gasteiger partial charge in [-0.05, 0) is 43.8 Å². The van der Waals surface area contributed by atoms with Crippen molar-refractivity contribution in [3.8, 4) is 0 Å². The molecular formula is C26H23NO5S. The molecule has 168 valence electrons. The zero-order chi connectivity index (χ0) is 23.1. The molecule has 0 saturated heterocycles. The van der Waals surface area contributed by atoms with Crippen molar-refractivity contribution >= 4 is 34.1 Å². The number of nitrogens with one attached hydrogen (secondary N) is 1. The summed E-state index contributed by atoms with van der Waals surface area (Å²) in [5.41, 5.74) is 2.56. The topological polar surface area (TPSA) is 85.6 Å². The lowest BCUT2D eigenvalue weighted by Crippen LogP contribution is -2.37. The molecule has 6 nitrogen and oxygen atoms in total. The maximum atomic E-state index is 13.5. The van der Waals surface area contributed by atoms with E-state index in [0.29, 0.717) is 35.1 Å². The van der Waals surface area contributed by atoms with E-state index < -0.39 is 11.9 Å². The van der Waals surface area contributed by atoms with Gasteiger partial charge in [0.25, 0.3) is 0 Å². The number of allylic oxidation sites excluding steroid dienone is 3. The summed E-state index contributed by atoms with van der Waals surface area (Å²) in [6.45, 7) is 3.70. The van der Waals surface area contributed by atoms with E-state index in [9.17, 15) is 14.4 Å². The Morgan fingerprint density at radius 3 is 2.76 bits per heavy atom. The maximum Gasteiger partial charge on any atom is 0.336 e. The monoisotopic (exact) mass is 461 g/mol. The minimum atomic E-state index is -0.835. The van der Waals surface area contributed by atoms with Gasteiger partial charge in [-0.3, -0.25) is 9.59 Å². The van der Waals surface area contributed by atoms with E-state index in [4.69, 9.17) is 9.15 Å². The van der Waals surface area contributed by atoms with Crippen LogP contribution in [0.4, 0.5) is 0 Å². The quantitative estimate of drug-likeness (QED) is 0.563. The second-order valence-corrected chi connectivity index (χ2v) is 9.25. The number of Topliss-reactive ketones (excluding diaryl/α,β-unsaturated/α-hetero) is 1. The normalized spacial score (nSPS) is 20.6. The molecule has 0 unspecified atom stereocenters. The van der Waals surface area contributed by atoms with Gasteiger partial charge in [0.05, 0.1) is 29.7 Å². The summed E-state index contributed by atoms with van der Waals surface area (Å²) < 4.78 is 11.1. The number of thiophene rings is 1. The van der Waals surface area contributed by atoms with E-state index in [-0.39, 0.29) is 34.9 Å². The fraction of sp³-hybridized carbons (Fsp3) is 0.269. The van der Waals surface area contributed by atoms with Gasteiger partial charge >= 0.3 is 5.97 Å². The predicted molar refractivity (Wildman–Crippen MR) is 126 cm³/mol. The number of esters is 1. The summed E-state index contributed by atoms with van der Waals surface area (Å²) in [5.74, 6) is -1.39. The Morgan fingerprint density at radius 2 is 2.00 bits per heavy atom. The van der Waals surface area contributed by atoms with Gasteiger partial charge in [0, 0.05) is 39.7 Å². The molecule has 0 amide bonds. The molecule has 1 aliphatic heterocycles. The van der Waals surface area contributed by atoms with E-state index in [1.165, 1.54) is 6.26 Å². The van der Waals surface area contributed by atoms with Gasteiger partial charge in [0.1, 0.15) is 5.58 Å². The average molecular weight is 462 g/mol. The third-order valence-electron chi connectivity index (χ3n) is 6.29. The number of hydrogen-bond acceptors (Lipinski definition) is 7. The zero-order valence-electron chi connectivity index (χ0n) is 18.3. The minimum absolute atomic E-state index is 0.0642. The third kappa shape index (κ3) is 3.62. The van der Waals surface area contributed by atoms with Crippen LogP contribution >= 0.6 is 11.3 Å². The molecule has 2 atom stereocenters. The molecule has 1 aliphatic carbocycles. The summed E-state index contributed by atoms with van der Waals surface area (Å²) in [4.78, 5) is 41.2. The van der Waals surface area contributed by atoms with Crippen LogP contribution in [0.1, 0.15) is 49.0 Å². The first-order valence-corrected chi connectivity index (χ1v) is 11.8. The zero-order valence-corrected chi connectivity index (χ0v) is 19.2. The largest absolute Gasteiger partial charge is 0.464 e. The fourth-order valence-electron chi connectivity index (χ4n) is 4.85. The van der Waals surface area contributed by atoms with Crippen LogP contribution in [0.3, 0.4) is 0 Å². The Bertz CT molecular complexity index is 1380. The number of fused-ring (bicyclic) bond motifs is 1. The van der Waals surface area contributed by atoms with Crippen LogP contribution in [-0.4, -0.2) is 18.4 Å². The highest BCUT2D eigenvalue weighted by Crippen LogP contribution is 2.45. The molecule has 2 aliphatic rings. The van der Waals surface area contributed by atoms with Crippen molar-refractivity contribution in [3.05, 3.63) is 91.2 Å². The molecule has 0 spiro atoms. The van der Waals surface area contributed by atoms with Crippen LogP contribution in [0.5, 0.6) is 0 Å². The highest BCUT2D eigenvalue weighted by Gasteiger charge is 2.42. The van der Waals surface area contributed by atoms with E-state index in [1.54, 1.807) is 49.4 Å². The van der Waals surface area contributed by atoms with Crippen molar-refractivity contribution in [1.29, 1.82) is 0 Å². The Labute approximate surface area is 194 Å². The number of hydrogen-bond donors (Lipinski definition) is 1. The number of dihydropyridines is 1. The van der Waals surface area contributed by atoms with Crippen molar-refractivity contribution in [2.75, 3.05) is 6.61 Å². The Kier molecular flexibility index (Phi) is 5.50. The van der Waals surface area contributed by atoms with Gasteiger partial charge in [0.2, 0.25) is 0 Å². The van der Waals surface area contributed by atoms with Gasteiger partial charge < -0.3 is 14.5 Å². The summed E-state index contributed by atoms with van der Waals surface area (Å²) in [6, 6.07) is 11.0. The number of rotatable bonds is 4. The van der Waals surface area contributed by atoms with E-state index in [1.807, 2.05) is 17.5 Å². The smallest absolute Gasteiger partial charge is 0.336 e. The van der Waals surface area contributed by atoms with Crippen LogP contribution in [0, 0.1) is 0 Å². The maximum absolute atomic E-state index is 13.5. The van der Waals surface area contributed by atoms with Gasteiger partial charge in [-0.2, -0.15) is 0 Å². The number of ketones is 1. The molecule has 3 heterocycles. The van der Waals surface area contributed by atoms with Crippen molar-refractivity contribution in [2.24, 2.45) is 0 Å². The molecule has 3 aromatic rings. The minimum Gasteiger partial charge on any atom is -0.464 e. The van der Waals surface area contributed by atoms with E-state index in [2.05, 4.69) is 5.32 Å². The van der Waals surface area contributed by atoms with Gasteiger partial charge in [-0.15, -0.1) is 11.3 Å². The number of ether oxygens (including phenoxy) is 1. The van der Waals surface area contributed by atoms with Gasteiger partial charge in [-0.25, -0.2) is 4.79 Å². The number of carbonyl (C=O) groups is 2. The molecule has 0 saturated carbocycles. The highest BCUT2D eigenvalue weighted by molar-refractivity contribution is 7.10. The molecule has 0 bridgehead atoms. The first-order chi connectivity index (χ1) is 16.0. The molecule has 33 heavy (non-hydrogen) atoms. The lowest BCUT2D eigenvalue weighted by molar-refractivity contribution is -0.138. The lowest BCUT2D eigenvalue weighted by Gasteiger charge is -2.36. The van der Waals surface area contributed by atoms with Crippen LogP contribution in [0.25, 0.3) is 11.0 Å². The Morgan fingerprint density at radius 1 is 1.18 bits per heavy atom. The third-order valence-corrected chi connectivity index (χ3v) is 7.32. The fourth-order valence-corrected chi connectivity index (χ4v) is 5.68. The van der Waals surface area contributed by atoms with Crippen molar-refractivity contribution in [1.82, 2.24) is 5.32 Å². The summed E-state index contributed by atoms with van der Waals surface area (Å²) in [7, 11) is 0. The van der Waals surface area contributed by atoms with Gasteiger partial charge in [0.15, 0.2) is 11.2 Å². The average Bonchev–Trinajstić information content (AvgIpc) is 3.34. The van der Waals surface area contributed by atoms with Crippen molar-refractivity contribution in [2.45, 2.75) is 38.5 Å². The standard InChI is InChI=1S/C26H23NO5S/c1-3-31-26(30)22-14(2)27-18-11-15(21-9-6-10-33-21)12-19(28)24(18)23(22)17-13-32-20-8-5-4-7-16(20)25(17)29/h4-10,13,15,23,27H,3,11-12H2,1-2H3/t15-,23+/m0/s1. The van der Waals surface area contributed by atoms with Crippen molar-refractivity contribution in [3.63, 3.8) is 0 Å². The van der Waals surface area contributed by atoms with Crippen LogP contribution < -0.4 is 10.7 Å². The van der Waals surface area contributed by atoms with Crippen LogP contribution in [0.2, 0.25) is 0 Å². The number of para-hydroxylation sites is 1. The second-order valence-electron chi connectivity index (χ2n) is 8.27. The molecule has 0 radical (unpaired) electrons. The van der Waals surface area contributed by atoms with E-state index in [0.717, 1.165) is 10.6 Å². The molecule has 7 heteroatoms. The molecule has 2 aromatic heterocycles. The predicted octanol–water partition coefficient (Wildman–Crippen LogP) is 4.78. The molecule has 1 N–H and O–H groups in total. The highest BCUT2D eigenvalue weighted by atomic mass is 32.1. The molecule has 5 rings (SSSR count). The van der Waals surface area contributed by atoms with Crippen molar-refractivity contribution < 1.29 is 18.7 Å². The Hall–Kier alpha value is -3.45. The van der Waals surface area contributed by atoms with Crippen LogP contribution in [-0.2, 0) is 14.3 Å². The molecular weight excluding hydrogens is 438 g/mol. The summed E-state index contributed by atoms with van der Waals surface area (Å²) in [5, 5.41) is 5.71. The Balaban J connectivity index is 1.69. The first-order valence-electron chi connectivity index (χ1n) is 10.9. The number of carbonyl (C=O) groups excluding carboxylic acids is 2.